The summed E-state index contributed by atoms with van der Waals surface area (Å²) in [6.45, 7) is 9.38. The Hall–Kier alpha value is -6.80. The number of aryl methyl sites for hydroxylation is 1. The summed E-state index contributed by atoms with van der Waals surface area (Å²) >= 11 is 6.44. The number of ether oxygens (including phenoxy) is 4. The number of nitrogens with one attached hydrogen (secondary N) is 1. The monoisotopic (exact) mass is 865 g/mol. The van der Waals surface area contributed by atoms with Crippen molar-refractivity contribution in [3.05, 3.63) is 92.2 Å². The number of rotatable bonds is 9. The first-order valence-electron chi connectivity index (χ1n) is 19.8. The maximum Gasteiger partial charge on any atom is 0.423 e. The summed E-state index contributed by atoms with van der Waals surface area (Å²) in [4.78, 5) is 70.7. The molecule has 5 aromatic rings. The van der Waals surface area contributed by atoms with Gasteiger partial charge in [-0.1, -0.05) is 23.7 Å². The Kier molecular flexibility index (Phi) is 10.1. The van der Waals surface area contributed by atoms with Gasteiger partial charge in [0.25, 0.3) is 17.4 Å². The SMILES string of the molecule is Cn1ncc(-c2cc(OC3(N(C(=O)OC(C)(C)C)C(=O)OC(C)(C)C)CC3)c3c(=O)[nH]nc(CN4C(=O)c5ccccc5C4=O)c3c2)c1-c1c(F)c(Cl)cc(OC2CC2)c1C#N. The van der Waals surface area contributed by atoms with Crippen molar-refractivity contribution in [3.63, 3.8) is 0 Å². The molecular formula is C44H41ClFN7O9. The third kappa shape index (κ3) is 7.70. The van der Waals surface area contributed by atoms with E-state index in [4.69, 9.17) is 30.5 Å². The van der Waals surface area contributed by atoms with E-state index in [1.54, 1.807) is 60.7 Å². The average molecular weight is 866 g/mol. The van der Waals surface area contributed by atoms with Crippen LogP contribution in [-0.4, -0.2) is 76.8 Å². The number of hydrogen-bond acceptors (Lipinski definition) is 12. The molecule has 16 nitrogen and oxygen atoms in total. The van der Waals surface area contributed by atoms with Gasteiger partial charge in [-0.15, -0.1) is 0 Å². The van der Waals surface area contributed by atoms with E-state index >= 15 is 4.39 Å². The minimum absolute atomic E-state index is 0.0546. The summed E-state index contributed by atoms with van der Waals surface area (Å²) in [5.74, 6) is -2.16. The number of nitriles is 1. The lowest BCUT2D eigenvalue weighted by atomic mass is 9.95. The summed E-state index contributed by atoms with van der Waals surface area (Å²) in [6.07, 6.45) is 0.827. The molecule has 3 aliphatic rings. The molecule has 320 valence electrons. The van der Waals surface area contributed by atoms with Crippen molar-refractivity contribution < 1.29 is 42.5 Å². The van der Waals surface area contributed by atoms with Crippen molar-refractivity contribution >= 4 is 46.4 Å². The van der Waals surface area contributed by atoms with E-state index in [0.717, 1.165) is 22.6 Å². The number of H-pyrrole nitrogens is 1. The van der Waals surface area contributed by atoms with Crippen LogP contribution >= 0.6 is 11.6 Å². The van der Waals surface area contributed by atoms with E-state index < -0.39 is 58.8 Å². The lowest BCUT2D eigenvalue weighted by Gasteiger charge is -2.34. The number of benzene rings is 3. The lowest BCUT2D eigenvalue weighted by Crippen LogP contribution is -2.52. The molecule has 0 unspecified atom stereocenters. The molecule has 3 aromatic carbocycles. The smallest absolute Gasteiger partial charge is 0.423 e. The Bertz CT molecular complexity index is 2780. The molecule has 0 spiro atoms. The number of aromatic nitrogens is 4. The van der Waals surface area contributed by atoms with E-state index in [1.165, 1.54) is 41.2 Å². The van der Waals surface area contributed by atoms with Crippen LogP contribution in [0, 0.1) is 17.1 Å². The van der Waals surface area contributed by atoms with Crippen LogP contribution in [0.4, 0.5) is 14.0 Å². The second-order valence-electron chi connectivity index (χ2n) is 17.4. The molecule has 2 aliphatic carbocycles. The number of aromatic amines is 1. The first-order valence-corrected chi connectivity index (χ1v) is 20.2. The molecular weight excluding hydrogens is 825 g/mol. The number of amides is 4. The number of hydrogen-bond donors (Lipinski definition) is 1. The first kappa shape index (κ1) is 41.9. The number of carbonyl (C=O) groups is 4. The summed E-state index contributed by atoms with van der Waals surface area (Å²) < 4.78 is 41.7. The molecule has 1 N–H and O–H groups in total. The standard InChI is InChI=1S/C44H41ClFN7O9/c1-42(2,3)61-40(57)53(41(58)62-43(4,5)6)44(14-15-44)60-32-17-22(28-20-48-51(7)36(28)34-27(19-47)31(59-23-12-13-23)18-29(45)35(34)46)16-26-30(49-50-37(54)33(26)32)21-52-38(55)24-10-8-9-11-25(24)39(52)56/h8-11,16-18,20,23H,12-15,21H2,1-7H3,(H,50,54). The van der Waals surface area contributed by atoms with Gasteiger partial charge in [-0.3, -0.25) is 24.0 Å². The second-order valence-corrected chi connectivity index (χ2v) is 17.8. The number of halogens is 2. The van der Waals surface area contributed by atoms with Crippen LogP contribution in [0.5, 0.6) is 11.5 Å². The van der Waals surface area contributed by atoms with Gasteiger partial charge >= 0.3 is 12.2 Å². The molecule has 3 heterocycles. The minimum atomic E-state index is -1.73. The normalized spacial score (nSPS) is 15.6. The van der Waals surface area contributed by atoms with Crippen molar-refractivity contribution in [2.45, 2.75) is 96.8 Å². The fraction of sp³-hybridized carbons (Fsp3) is 0.364. The van der Waals surface area contributed by atoms with Crippen LogP contribution in [0.15, 0.2) is 53.5 Å². The summed E-state index contributed by atoms with van der Waals surface area (Å²) in [5, 5.41) is 21.3. The summed E-state index contributed by atoms with van der Waals surface area (Å²) in [5.41, 5.74) is -3.92. The Morgan fingerprint density at radius 1 is 0.968 bits per heavy atom. The van der Waals surface area contributed by atoms with Crippen LogP contribution < -0.4 is 15.0 Å². The van der Waals surface area contributed by atoms with Crippen molar-refractivity contribution in [3.8, 4) is 40.0 Å². The molecule has 62 heavy (non-hydrogen) atoms. The van der Waals surface area contributed by atoms with Gasteiger partial charge in [-0.05, 0) is 84.2 Å². The van der Waals surface area contributed by atoms with Gasteiger partial charge in [0.2, 0.25) is 0 Å². The van der Waals surface area contributed by atoms with E-state index in [2.05, 4.69) is 21.4 Å². The highest BCUT2D eigenvalue weighted by atomic mass is 35.5. The largest absolute Gasteiger partial charge is 0.489 e. The summed E-state index contributed by atoms with van der Waals surface area (Å²) in [7, 11) is 1.54. The third-order valence-electron chi connectivity index (χ3n) is 10.3. The maximum atomic E-state index is 16.4. The predicted octanol–water partition coefficient (Wildman–Crippen LogP) is 8.03. The molecule has 18 heteroatoms. The fourth-order valence-electron chi connectivity index (χ4n) is 7.25. The minimum Gasteiger partial charge on any atom is -0.489 e. The average Bonchev–Trinajstić information content (AvgIpc) is 4.11. The Labute approximate surface area is 359 Å². The molecule has 8 rings (SSSR count). The van der Waals surface area contributed by atoms with Gasteiger partial charge in [0.15, 0.2) is 11.5 Å². The van der Waals surface area contributed by atoms with Gasteiger partial charge in [-0.25, -0.2) is 19.1 Å². The second kappa shape index (κ2) is 15.0. The highest BCUT2D eigenvalue weighted by Crippen LogP contribution is 2.48. The van der Waals surface area contributed by atoms with Gasteiger partial charge < -0.3 is 18.9 Å². The predicted molar refractivity (Wildman–Crippen MR) is 221 cm³/mol. The van der Waals surface area contributed by atoms with Crippen LogP contribution in [0.3, 0.4) is 0 Å². The molecule has 0 bridgehead atoms. The molecule has 2 fully saturated rings. The van der Waals surface area contributed by atoms with Crippen molar-refractivity contribution in [1.82, 2.24) is 29.8 Å². The van der Waals surface area contributed by atoms with E-state index in [9.17, 15) is 29.2 Å². The Morgan fingerprint density at radius 3 is 2.13 bits per heavy atom. The molecule has 2 saturated carbocycles. The Balaban J connectivity index is 1.34. The number of nitrogens with zero attached hydrogens (tertiary/aromatic N) is 6. The third-order valence-corrected chi connectivity index (χ3v) is 10.5. The van der Waals surface area contributed by atoms with Gasteiger partial charge in [0.1, 0.15) is 34.3 Å². The summed E-state index contributed by atoms with van der Waals surface area (Å²) in [6, 6.07) is 12.6. The van der Waals surface area contributed by atoms with Crippen LogP contribution in [0.25, 0.3) is 33.2 Å². The zero-order valence-corrected chi connectivity index (χ0v) is 35.6. The molecule has 2 aromatic heterocycles. The zero-order chi connectivity index (χ0) is 44.6. The number of carbonyl (C=O) groups excluding carboxylic acids is 4. The lowest BCUT2D eigenvalue weighted by molar-refractivity contribution is -0.0453. The van der Waals surface area contributed by atoms with Gasteiger partial charge in [0, 0.05) is 36.9 Å². The Morgan fingerprint density at radius 2 is 1.58 bits per heavy atom. The molecule has 4 amide bonds. The van der Waals surface area contributed by atoms with Gasteiger partial charge in [0.05, 0.1) is 57.3 Å². The topological polar surface area (TPSA) is 199 Å². The van der Waals surface area contributed by atoms with E-state index in [-0.39, 0.29) is 91.0 Å². The molecule has 0 atom stereocenters. The number of fused-ring (bicyclic) bond motifs is 2. The quantitative estimate of drug-likeness (QED) is 0.111. The molecule has 1 aliphatic heterocycles. The number of imide groups is 2. The highest BCUT2D eigenvalue weighted by Gasteiger charge is 2.59. The molecule has 0 saturated heterocycles. The highest BCUT2D eigenvalue weighted by molar-refractivity contribution is 6.31. The van der Waals surface area contributed by atoms with Crippen LogP contribution in [-0.2, 0) is 23.1 Å². The fourth-order valence-corrected chi connectivity index (χ4v) is 7.44. The van der Waals surface area contributed by atoms with E-state index in [0.29, 0.717) is 0 Å². The van der Waals surface area contributed by atoms with Crippen molar-refractivity contribution in [2.75, 3.05) is 0 Å². The zero-order valence-electron chi connectivity index (χ0n) is 34.8. The first-order chi connectivity index (χ1) is 29.2. The van der Waals surface area contributed by atoms with Crippen LogP contribution in [0.1, 0.15) is 99.2 Å². The van der Waals surface area contributed by atoms with Crippen molar-refractivity contribution in [2.24, 2.45) is 7.05 Å². The van der Waals surface area contributed by atoms with E-state index in [1.807, 2.05) is 0 Å². The molecule has 0 radical (unpaired) electrons. The van der Waals surface area contributed by atoms with Gasteiger partial charge in [-0.2, -0.15) is 20.4 Å². The van der Waals surface area contributed by atoms with Crippen LogP contribution in [0.2, 0.25) is 5.02 Å². The maximum absolute atomic E-state index is 16.4. The van der Waals surface area contributed by atoms with Crippen molar-refractivity contribution in [1.29, 1.82) is 5.26 Å².